The van der Waals surface area contributed by atoms with Crippen molar-refractivity contribution >= 4 is 33.1 Å². The number of hydrogen-bond acceptors (Lipinski definition) is 5. The van der Waals surface area contributed by atoms with Crippen LogP contribution in [-0.4, -0.2) is 48.1 Å². The summed E-state index contributed by atoms with van der Waals surface area (Å²) in [6.45, 7) is 4.98. The van der Waals surface area contributed by atoms with Crippen molar-refractivity contribution in [3.8, 4) is 0 Å². The van der Waals surface area contributed by atoms with Gasteiger partial charge in [0.2, 0.25) is 0 Å². The average molecular weight is 506 g/mol. The van der Waals surface area contributed by atoms with Gasteiger partial charge in [-0.1, -0.05) is 6.92 Å². The number of ketones is 1. The fourth-order valence-electron chi connectivity index (χ4n) is 5.17. The molecule has 0 saturated heterocycles. The maximum atomic E-state index is 14.0. The van der Waals surface area contributed by atoms with E-state index in [4.69, 9.17) is 5.73 Å². The van der Waals surface area contributed by atoms with Gasteiger partial charge in [0.25, 0.3) is 11.7 Å². The molecule has 1 saturated carbocycles. The molecule has 1 aromatic heterocycles. The van der Waals surface area contributed by atoms with Crippen LogP contribution in [0.1, 0.15) is 70.3 Å². The van der Waals surface area contributed by atoms with E-state index in [1.54, 1.807) is 20.9 Å². The van der Waals surface area contributed by atoms with Crippen molar-refractivity contribution in [3.05, 3.63) is 52.1 Å². The molecule has 1 aromatic carbocycles. The Morgan fingerprint density at radius 3 is 2.20 bits per heavy atom. The van der Waals surface area contributed by atoms with E-state index in [9.17, 15) is 27.2 Å². The number of benzene rings is 1. The lowest BCUT2D eigenvalue weighted by atomic mass is 9.92. The van der Waals surface area contributed by atoms with Gasteiger partial charge < -0.3 is 15.2 Å². The second kappa shape index (κ2) is 9.93. The predicted molar refractivity (Wildman–Crippen MR) is 132 cm³/mol. The highest BCUT2D eigenvalue weighted by Gasteiger charge is 2.38. The lowest BCUT2D eigenvalue weighted by Gasteiger charge is -2.36. The van der Waals surface area contributed by atoms with E-state index in [-0.39, 0.29) is 11.3 Å². The summed E-state index contributed by atoms with van der Waals surface area (Å²) in [7, 11) is -1.61. The minimum absolute atomic E-state index is 0.0781. The molecule has 190 valence electrons. The van der Waals surface area contributed by atoms with Crippen molar-refractivity contribution in [3.63, 3.8) is 0 Å². The number of anilines is 1. The fourth-order valence-corrected chi connectivity index (χ4v) is 6.30. The summed E-state index contributed by atoms with van der Waals surface area (Å²) in [5.74, 6) is -2.74. The largest absolute Gasteiger partial charge is 0.366 e. The van der Waals surface area contributed by atoms with Crippen LogP contribution in [0.3, 0.4) is 0 Å². The monoisotopic (exact) mass is 505 g/mol. The van der Waals surface area contributed by atoms with Crippen LogP contribution in [0.2, 0.25) is 0 Å². The Labute approximate surface area is 205 Å². The number of aromatic nitrogens is 1. The Morgan fingerprint density at radius 2 is 1.74 bits per heavy atom. The molecule has 1 heterocycles. The van der Waals surface area contributed by atoms with Crippen molar-refractivity contribution in [2.24, 2.45) is 12.8 Å². The highest BCUT2D eigenvalue weighted by molar-refractivity contribution is 7.91. The van der Waals surface area contributed by atoms with Gasteiger partial charge in [-0.3, -0.25) is 14.4 Å². The van der Waals surface area contributed by atoms with E-state index in [2.05, 4.69) is 0 Å². The SMILES string of the molecule is CCc1c(C(N)=O)c(C)c(C(=O)C(=O)N(c2ccc(F)c(C)c2)C2CCC(S(C)(=O)=O)CC2)n1C. The van der Waals surface area contributed by atoms with Crippen LogP contribution >= 0.6 is 0 Å². The number of primary amides is 1. The van der Waals surface area contributed by atoms with E-state index < -0.39 is 44.5 Å². The van der Waals surface area contributed by atoms with Gasteiger partial charge in [0, 0.05) is 30.7 Å². The van der Waals surface area contributed by atoms with Gasteiger partial charge in [0.05, 0.1) is 16.5 Å². The van der Waals surface area contributed by atoms with Crippen LogP contribution < -0.4 is 10.6 Å². The zero-order valence-electron chi connectivity index (χ0n) is 20.7. The lowest BCUT2D eigenvalue weighted by Crippen LogP contribution is -2.47. The van der Waals surface area contributed by atoms with Crippen molar-refractivity contribution in [2.45, 2.75) is 64.2 Å². The summed E-state index contributed by atoms with van der Waals surface area (Å²) in [6, 6.07) is 3.76. The molecular weight excluding hydrogens is 473 g/mol. The molecule has 0 atom stereocenters. The molecule has 8 nitrogen and oxygen atoms in total. The highest BCUT2D eigenvalue weighted by atomic mass is 32.2. The number of aryl methyl sites for hydroxylation is 1. The zero-order chi connectivity index (χ0) is 26.2. The standard InChI is InChI=1S/C25H32FN3O5S/c1-6-20-21(24(27)31)15(3)22(28(20)4)23(30)25(32)29(17-9-12-19(26)14(2)13-17)16-7-10-18(11-8-16)35(5,33)34/h9,12-13,16,18H,6-8,10-11H2,1-5H3,(H2,27,31). The molecule has 1 aliphatic rings. The molecule has 0 aliphatic heterocycles. The van der Waals surface area contributed by atoms with E-state index in [0.717, 1.165) is 0 Å². The number of rotatable bonds is 7. The van der Waals surface area contributed by atoms with Gasteiger partial charge in [-0.25, -0.2) is 12.8 Å². The molecule has 1 aliphatic carbocycles. The second-order valence-electron chi connectivity index (χ2n) is 9.27. The number of sulfone groups is 1. The quantitative estimate of drug-likeness (QED) is 0.458. The average Bonchev–Trinajstić information content (AvgIpc) is 3.04. The Hall–Kier alpha value is -3.01. The normalized spacial score (nSPS) is 18.3. The maximum Gasteiger partial charge on any atom is 0.301 e. The summed E-state index contributed by atoms with van der Waals surface area (Å²) in [5, 5.41) is -0.498. The number of carbonyl (C=O) groups excluding carboxylic acids is 3. The van der Waals surface area contributed by atoms with E-state index in [1.807, 2.05) is 6.92 Å². The van der Waals surface area contributed by atoms with Crippen LogP contribution in [0.15, 0.2) is 18.2 Å². The van der Waals surface area contributed by atoms with Gasteiger partial charge in [0.15, 0.2) is 0 Å². The van der Waals surface area contributed by atoms with Crippen molar-refractivity contribution < 1.29 is 27.2 Å². The summed E-state index contributed by atoms with van der Waals surface area (Å²) in [4.78, 5) is 40.7. The molecule has 0 spiro atoms. The van der Waals surface area contributed by atoms with Crippen molar-refractivity contribution in [1.82, 2.24) is 4.57 Å². The molecule has 0 unspecified atom stereocenters. The number of halogens is 1. The molecule has 35 heavy (non-hydrogen) atoms. The molecule has 3 rings (SSSR count). The Morgan fingerprint density at radius 1 is 1.14 bits per heavy atom. The number of carbonyl (C=O) groups is 3. The van der Waals surface area contributed by atoms with Crippen LogP contribution in [0, 0.1) is 19.7 Å². The molecule has 2 amide bonds. The molecule has 2 aromatic rings. The summed E-state index contributed by atoms with van der Waals surface area (Å²) in [5.41, 5.74) is 7.44. The first-order valence-electron chi connectivity index (χ1n) is 11.6. The van der Waals surface area contributed by atoms with Crippen LogP contribution in [0.4, 0.5) is 10.1 Å². The Balaban J connectivity index is 2.06. The molecule has 0 radical (unpaired) electrons. The van der Waals surface area contributed by atoms with E-state index in [0.29, 0.717) is 54.6 Å². The smallest absolute Gasteiger partial charge is 0.301 e. The number of hydrogen-bond donors (Lipinski definition) is 1. The topological polar surface area (TPSA) is 120 Å². The first-order valence-corrected chi connectivity index (χ1v) is 13.6. The molecule has 1 fully saturated rings. The minimum atomic E-state index is -3.22. The summed E-state index contributed by atoms with van der Waals surface area (Å²) in [6.07, 6.45) is 3.12. The van der Waals surface area contributed by atoms with Crippen LogP contribution in [0.25, 0.3) is 0 Å². The third kappa shape index (κ3) is 5.03. The van der Waals surface area contributed by atoms with Crippen molar-refractivity contribution in [2.75, 3.05) is 11.2 Å². The third-order valence-corrected chi connectivity index (χ3v) is 8.68. The summed E-state index contributed by atoms with van der Waals surface area (Å²) >= 11 is 0. The minimum Gasteiger partial charge on any atom is -0.366 e. The number of amides is 2. The molecule has 0 bridgehead atoms. The van der Waals surface area contributed by atoms with Crippen molar-refractivity contribution in [1.29, 1.82) is 0 Å². The summed E-state index contributed by atoms with van der Waals surface area (Å²) < 4.78 is 39.6. The molecule has 10 heteroatoms. The van der Waals surface area contributed by atoms with E-state index in [1.165, 1.54) is 33.9 Å². The van der Waals surface area contributed by atoms with Gasteiger partial charge in [0.1, 0.15) is 15.7 Å². The first kappa shape index (κ1) is 26.6. The van der Waals surface area contributed by atoms with Gasteiger partial charge in [-0.15, -0.1) is 0 Å². The van der Waals surface area contributed by atoms with Crippen LogP contribution in [0.5, 0.6) is 0 Å². The zero-order valence-corrected chi connectivity index (χ0v) is 21.5. The van der Waals surface area contributed by atoms with E-state index >= 15 is 0 Å². The van der Waals surface area contributed by atoms with Gasteiger partial charge >= 0.3 is 5.91 Å². The Kier molecular flexibility index (Phi) is 7.54. The highest BCUT2D eigenvalue weighted by Crippen LogP contribution is 2.32. The molecular formula is C25H32FN3O5S. The third-order valence-electron chi connectivity index (χ3n) is 7.00. The maximum absolute atomic E-state index is 14.0. The molecule has 2 N–H and O–H groups in total. The second-order valence-corrected chi connectivity index (χ2v) is 11.6. The number of Topliss-reactive ketones (excluding diaryl/α,β-unsaturated/α-hetero) is 1. The lowest BCUT2D eigenvalue weighted by molar-refractivity contribution is -0.115. The fraction of sp³-hybridized carbons (Fsp3) is 0.480. The first-order chi connectivity index (χ1) is 16.3. The predicted octanol–water partition coefficient (Wildman–Crippen LogP) is 3.01. The van der Waals surface area contributed by atoms with Gasteiger partial charge in [-0.05, 0) is 75.3 Å². The Bertz CT molecular complexity index is 1290. The van der Waals surface area contributed by atoms with Gasteiger partial charge in [-0.2, -0.15) is 0 Å². The number of nitrogens with two attached hydrogens (primary N) is 1. The number of nitrogens with zero attached hydrogens (tertiary/aromatic N) is 2. The van der Waals surface area contributed by atoms with Crippen LogP contribution in [-0.2, 0) is 28.1 Å².